The monoisotopic (exact) mass is 391 g/mol. The quantitative estimate of drug-likeness (QED) is 0.349. The Morgan fingerprint density at radius 1 is 1.17 bits per heavy atom. The molecule has 4 aromatic rings. The molecule has 0 atom stereocenters. The summed E-state index contributed by atoms with van der Waals surface area (Å²) >= 11 is 0. The molecule has 0 amide bonds. The van der Waals surface area contributed by atoms with E-state index < -0.39 is 0 Å². The van der Waals surface area contributed by atoms with Gasteiger partial charge in [0.1, 0.15) is 18.5 Å². The molecule has 0 aliphatic carbocycles. The van der Waals surface area contributed by atoms with Gasteiger partial charge in [-0.15, -0.1) is 0 Å². The average Bonchev–Trinajstić information content (AvgIpc) is 3.41. The number of halogens is 1. The summed E-state index contributed by atoms with van der Waals surface area (Å²) in [6, 6.07) is 12.9. The minimum absolute atomic E-state index is 0.233. The first kappa shape index (κ1) is 18.7. The van der Waals surface area contributed by atoms with Crippen LogP contribution in [0, 0.1) is 5.82 Å². The molecule has 0 unspecified atom stereocenters. The fourth-order valence-corrected chi connectivity index (χ4v) is 3.20. The third kappa shape index (κ3) is 4.43. The van der Waals surface area contributed by atoms with Crippen LogP contribution in [0.5, 0.6) is 0 Å². The van der Waals surface area contributed by atoms with Crippen LogP contribution in [0.2, 0.25) is 0 Å². The van der Waals surface area contributed by atoms with Crippen LogP contribution in [-0.2, 0) is 13.0 Å². The standard InChI is InChI=1S/C21H22FN7/c1-23-21(25-9-8-16-12-26-20-10-17(22)4-7-19(16)20)27-11-15-2-5-18(6-3-15)29-14-24-13-28-29/h2-7,10,12-14,26H,8-9,11H2,1H3,(H2,23,25,27). The van der Waals surface area contributed by atoms with Gasteiger partial charge in [-0.1, -0.05) is 12.1 Å². The summed E-state index contributed by atoms with van der Waals surface area (Å²) in [5, 5.41) is 11.8. The highest BCUT2D eigenvalue weighted by Crippen LogP contribution is 2.19. The second-order valence-corrected chi connectivity index (χ2v) is 6.61. The van der Waals surface area contributed by atoms with E-state index in [-0.39, 0.29) is 5.82 Å². The molecule has 0 bridgehead atoms. The van der Waals surface area contributed by atoms with Crippen molar-refractivity contribution in [3.8, 4) is 5.69 Å². The Balaban J connectivity index is 1.28. The van der Waals surface area contributed by atoms with Crippen LogP contribution in [0.25, 0.3) is 16.6 Å². The Morgan fingerprint density at radius 2 is 2.03 bits per heavy atom. The van der Waals surface area contributed by atoms with Crippen molar-refractivity contribution >= 4 is 16.9 Å². The van der Waals surface area contributed by atoms with Gasteiger partial charge in [-0.25, -0.2) is 14.1 Å². The molecule has 0 radical (unpaired) electrons. The summed E-state index contributed by atoms with van der Waals surface area (Å²) < 4.78 is 15.0. The van der Waals surface area contributed by atoms with Crippen LogP contribution in [-0.4, -0.2) is 39.3 Å². The lowest BCUT2D eigenvalue weighted by atomic mass is 10.1. The second-order valence-electron chi connectivity index (χ2n) is 6.61. The minimum atomic E-state index is -0.233. The summed E-state index contributed by atoms with van der Waals surface area (Å²) in [5.41, 5.74) is 4.06. The van der Waals surface area contributed by atoms with E-state index in [1.54, 1.807) is 18.1 Å². The summed E-state index contributed by atoms with van der Waals surface area (Å²) in [6.45, 7) is 1.37. The van der Waals surface area contributed by atoms with Gasteiger partial charge >= 0.3 is 0 Å². The maximum atomic E-state index is 13.3. The number of nitrogens with zero attached hydrogens (tertiary/aromatic N) is 4. The molecule has 148 valence electrons. The van der Waals surface area contributed by atoms with E-state index in [0.717, 1.165) is 46.6 Å². The summed E-state index contributed by atoms with van der Waals surface area (Å²) in [5.74, 6) is 0.499. The number of fused-ring (bicyclic) bond motifs is 1. The predicted molar refractivity (Wildman–Crippen MR) is 112 cm³/mol. The predicted octanol–water partition coefficient (Wildman–Crippen LogP) is 2.80. The zero-order valence-corrected chi connectivity index (χ0v) is 16.1. The van der Waals surface area contributed by atoms with Gasteiger partial charge < -0.3 is 15.6 Å². The number of hydrogen-bond acceptors (Lipinski definition) is 3. The van der Waals surface area contributed by atoms with Gasteiger partial charge in [-0.2, -0.15) is 5.10 Å². The Bertz CT molecular complexity index is 1100. The Labute approximate surface area is 167 Å². The third-order valence-electron chi connectivity index (χ3n) is 4.72. The van der Waals surface area contributed by atoms with E-state index in [2.05, 4.69) is 30.7 Å². The van der Waals surface area contributed by atoms with E-state index in [1.807, 2.05) is 36.5 Å². The molecule has 7 nitrogen and oxygen atoms in total. The summed E-state index contributed by atoms with van der Waals surface area (Å²) in [4.78, 5) is 11.3. The number of aliphatic imine (C=N–C) groups is 1. The molecule has 0 aliphatic heterocycles. The Kier molecular flexibility index (Phi) is 5.51. The van der Waals surface area contributed by atoms with Gasteiger partial charge in [0, 0.05) is 37.2 Å². The lowest BCUT2D eigenvalue weighted by molar-refractivity contribution is 0.629. The SMILES string of the molecule is CN=C(NCCc1c[nH]c2cc(F)ccc12)NCc1ccc(-n2cncn2)cc1. The molecule has 4 rings (SSSR count). The van der Waals surface area contributed by atoms with Crippen molar-refractivity contribution in [3.05, 3.63) is 78.3 Å². The lowest BCUT2D eigenvalue weighted by Gasteiger charge is -2.12. The lowest BCUT2D eigenvalue weighted by Crippen LogP contribution is -2.37. The van der Waals surface area contributed by atoms with E-state index in [0.29, 0.717) is 6.54 Å². The first-order valence-electron chi connectivity index (χ1n) is 9.37. The normalized spacial score (nSPS) is 11.7. The molecule has 0 spiro atoms. The molecule has 2 aromatic carbocycles. The molecule has 2 aromatic heterocycles. The topological polar surface area (TPSA) is 82.9 Å². The molecule has 29 heavy (non-hydrogen) atoms. The maximum absolute atomic E-state index is 13.3. The van der Waals surface area contributed by atoms with Crippen LogP contribution in [0.1, 0.15) is 11.1 Å². The molecule has 0 aliphatic rings. The number of nitrogens with one attached hydrogen (secondary N) is 3. The van der Waals surface area contributed by atoms with Crippen molar-refractivity contribution in [2.24, 2.45) is 4.99 Å². The summed E-state index contributed by atoms with van der Waals surface area (Å²) in [6.07, 6.45) is 5.92. The van der Waals surface area contributed by atoms with Crippen LogP contribution in [0.4, 0.5) is 4.39 Å². The van der Waals surface area contributed by atoms with Gasteiger partial charge in [0.15, 0.2) is 5.96 Å². The highest BCUT2D eigenvalue weighted by molar-refractivity contribution is 5.83. The van der Waals surface area contributed by atoms with Crippen molar-refractivity contribution in [2.45, 2.75) is 13.0 Å². The number of hydrogen-bond donors (Lipinski definition) is 3. The maximum Gasteiger partial charge on any atom is 0.191 e. The molecular formula is C21H22FN7. The van der Waals surface area contributed by atoms with Crippen molar-refractivity contribution in [2.75, 3.05) is 13.6 Å². The van der Waals surface area contributed by atoms with Crippen LogP contribution >= 0.6 is 0 Å². The average molecular weight is 391 g/mol. The Hall–Kier alpha value is -3.68. The number of guanidine groups is 1. The number of benzene rings is 2. The largest absolute Gasteiger partial charge is 0.361 e. The molecule has 8 heteroatoms. The highest BCUT2D eigenvalue weighted by Gasteiger charge is 2.05. The number of aromatic amines is 1. The van der Waals surface area contributed by atoms with E-state index in [4.69, 9.17) is 0 Å². The van der Waals surface area contributed by atoms with Gasteiger partial charge in [0.25, 0.3) is 0 Å². The van der Waals surface area contributed by atoms with Gasteiger partial charge in [-0.05, 0) is 47.9 Å². The first-order valence-corrected chi connectivity index (χ1v) is 9.37. The molecular weight excluding hydrogens is 369 g/mol. The van der Waals surface area contributed by atoms with Gasteiger partial charge in [0.2, 0.25) is 0 Å². The van der Waals surface area contributed by atoms with E-state index in [9.17, 15) is 4.39 Å². The van der Waals surface area contributed by atoms with Crippen LogP contribution in [0.15, 0.2) is 66.3 Å². The number of rotatable bonds is 6. The Morgan fingerprint density at radius 3 is 2.79 bits per heavy atom. The molecule has 0 saturated heterocycles. The zero-order valence-electron chi connectivity index (χ0n) is 16.1. The van der Waals surface area contributed by atoms with Crippen LogP contribution < -0.4 is 10.6 Å². The van der Waals surface area contributed by atoms with Crippen molar-refractivity contribution in [1.29, 1.82) is 0 Å². The van der Waals surface area contributed by atoms with Crippen molar-refractivity contribution in [3.63, 3.8) is 0 Å². The minimum Gasteiger partial charge on any atom is -0.361 e. The first-order chi connectivity index (χ1) is 14.2. The summed E-state index contributed by atoms with van der Waals surface area (Å²) in [7, 11) is 1.75. The number of aromatic nitrogens is 4. The molecule has 3 N–H and O–H groups in total. The third-order valence-corrected chi connectivity index (χ3v) is 4.72. The fourth-order valence-electron chi connectivity index (χ4n) is 3.20. The fraction of sp³-hybridized carbons (Fsp3) is 0.190. The second kappa shape index (κ2) is 8.55. The van der Waals surface area contributed by atoms with Crippen LogP contribution in [0.3, 0.4) is 0 Å². The number of H-pyrrole nitrogens is 1. The van der Waals surface area contributed by atoms with E-state index in [1.165, 1.54) is 18.5 Å². The molecule has 2 heterocycles. The van der Waals surface area contributed by atoms with Gasteiger partial charge in [0.05, 0.1) is 5.69 Å². The highest BCUT2D eigenvalue weighted by atomic mass is 19.1. The smallest absolute Gasteiger partial charge is 0.191 e. The molecule has 0 fully saturated rings. The zero-order chi connectivity index (χ0) is 20.1. The van der Waals surface area contributed by atoms with E-state index >= 15 is 0 Å². The van der Waals surface area contributed by atoms with Gasteiger partial charge in [-0.3, -0.25) is 4.99 Å². The van der Waals surface area contributed by atoms with Crippen molar-refractivity contribution < 1.29 is 4.39 Å². The van der Waals surface area contributed by atoms with Crippen molar-refractivity contribution in [1.82, 2.24) is 30.4 Å². The molecule has 0 saturated carbocycles.